The molecule has 0 aromatic carbocycles. The second kappa shape index (κ2) is 5.17. The molecule has 0 unspecified atom stereocenters. The van der Waals surface area contributed by atoms with Crippen molar-refractivity contribution in [1.29, 1.82) is 0 Å². The summed E-state index contributed by atoms with van der Waals surface area (Å²) in [5.41, 5.74) is 0. The third kappa shape index (κ3) is 4.20. The minimum Gasteiger partial charge on any atom is -0.477 e. The van der Waals surface area contributed by atoms with Crippen molar-refractivity contribution < 1.29 is 9.90 Å². The number of hydrogen-bond donors (Lipinski definition) is 1. The first-order chi connectivity index (χ1) is 3.18. The summed E-state index contributed by atoms with van der Waals surface area (Å²) in [6, 6.07) is 0. The number of halogens is 1. The summed E-state index contributed by atoms with van der Waals surface area (Å²) < 4.78 is 0. The Labute approximate surface area is 63.3 Å². The quantitative estimate of drug-likeness (QED) is 0.423. The van der Waals surface area contributed by atoms with E-state index in [2.05, 4.69) is 0 Å². The Kier molecular flexibility index (Phi) is 7.06. The van der Waals surface area contributed by atoms with Crippen molar-refractivity contribution >= 4 is 34.9 Å². The van der Waals surface area contributed by atoms with Gasteiger partial charge in [0.2, 0.25) is 0 Å². The molecule has 0 fully saturated rings. The van der Waals surface area contributed by atoms with Crippen LogP contribution in [-0.2, 0) is 4.79 Å². The van der Waals surface area contributed by atoms with Crippen LogP contribution in [0.25, 0.3) is 0 Å². The van der Waals surface area contributed by atoms with E-state index in [4.69, 9.17) is 16.7 Å². The van der Waals surface area contributed by atoms with E-state index in [1.54, 1.807) is 6.92 Å². The van der Waals surface area contributed by atoms with Crippen molar-refractivity contribution in [2.45, 2.75) is 6.92 Å². The van der Waals surface area contributed by atoms with Gasteiger partial charge in [-0.1, -0.05) is 17.7 Å². The smallest absolute Gasteiger partial charge is 0.346 e. The van der Waals surface area contributed by atoms with Crippen LogP contribution in [0.15, 0.2) is 11.1 Å². The Morgan fingerprint density at radius 2 is 2.12 bits per heavy atom. The van der Waals surface area contributed by atoms with Crippen LogP contribution in [0.1, 0.15) is 6.92 Å². The van der Waals surface area contributed by atoms with E-state index >= 15 is 0 Å². The van der Waals surface area contributed by atoms with Crippen LogP contribution in [0, 0.1) is 0 Å². The van der Waals surface area contributed by atoms with Gasteiger partial charge in [0.05, 0.1) is 0 Å². The molecule has 0 radical (unpaired) electrons. The molecule has 0 spiro atoms. The highest BCUT2D eigenvalue weighted by Crippen LogP contribution is 1.97. The largest absolute Gasteiger partial charge is 0.477 e. The molecule has 0 heterocycles. The molecule has 46 valence electrons. The fraction of sp³-hybridized carbons (Fsp3) is 0.250. The molecule has 0 aliphatic carbocycles. The number of allylic oxidation sites excluding steroid dienone is 1. The molecule has 0 aliphatic rings. The van der Waals surface area contributed by atoms with Gasteiger partial charge in [-0.3, -0.25) is 0 Å². The van der Waals surface area contributed by atoms with Crippen LogP contribution in [0.2, 0.25) is 0 Å². The molecular formula is C4H8AlClO2. The number of hydrogen-bond acceptors (Lipinski definition) is 1. The fourth-order valence-electron chi connectivity index (χ4n) is 0.123. The number of aliphatic carboxylic acids is 1. The summed E-state index contributed by atoms with van der Waals surface area (Å²) in [5, 5.41) is 7.84. The number of rotatable bonds is 1. The van der Waals surface area contributed by atoms with Crippen molar-refractivity contribution in [2.24, 2.45) is 0 Å². The van der Waals surface area contributed by atoms with Crippen molar-refractivity contribution in [2.75, 3.05) is 0 Å². The lowest BCUT2D eigenvalue weighted by atomic mass is 10.5. The Morgan fingerprint density at radius 1 is 1.75 bits per heavy atom. The van der Waals surface area contributed by atoms with Crippen molar-refractivity contribution in [3.8, 4) is 0 Å². The lowest BCUT2D eigenvalue weighted by molar-refractivity contribution is -0.131. The van der Waals surface area contributed by atoms with Gasteiger partial charge in [-0.05, 0) is 6.92 Å². The SMILES string of the molecule is CC=C(Cl)C(=O)O.[AlH3]. The summed E-state index contributed by atoms with van der Waals surface area (Å²) in [4.78, 5) is 9.73. The third-order valence-electron chi connectivity index (χ3n) is 0.458. The molecule has 0 atom stereocenters. The zero-order valence-corrected chi connectivity index (χ0v) is 4.57. The van der Waals surface area contributed by atoms with Gasteiger partial charge < -0.3 is 5.11 Å². The van der Waals surface area contributed by atoms with Crippen molar-refractivity contribution in [3.63, 3.8) is 0 Å². The van der Waals surface area contributed by atoms with Crippen molar-refractivity contribution in [1.82, 2.24) is 0 Å². The maximum absolute atomic E-state index is 9.73. The Bertz CT molecular complexity index is 111. The molecule has 0 aromatic rings. The monoisotopic (exact) mass is 150 g/mol. The highest BCUT2D eigenvalue weighted by molar-refractivity contribution is 6.40. The molecule has 8 heavy (non-hydrogen) atoms. The minimum absolute atomic E-state index is 0. The van der Waals surface area contributed by atoms with Gasteiger partial charge in [0.25, 0.3) is 0 Å². The van der Waals surface area contributed by atoms with E-state index in [1.807, 2.05) is 0 Å². The molecule has 0 amide bonds. The van der Waals surface area contributed by atoms with E-state index in [9.17, 15) is 4.79 Å². The van der Waals surface area contributed by atoms with Gasteiger partial charge in [-0.25, -0.2) is 4.79 Å². The van der Waals surface area contributed by atoms with Crippen LogP contribution in [0.4, 0.5) is 0 Å². The summed E-state index contributed by atoms with van der Waals surface area (Å²) >= 11 is 5.06. The van der Waals surface area contributed by atoms with Crippen LogP contribution < -0.4 is 0 Å². The minimum atomic E-state index is -1.08. The molecule has 0 rings (SSSR count). The molecule has 0 aliphatic heterocycles. The highest BCUT2D eigenvalue weighted by atomic mass is 35.5. The molecule has 0 saturated heterocycles. The van der Waals surface area contributed by atoms with Gasteiger partial charge >= 0.3 is 5.97 Å². The summed E-state index contributed by atoms with van der Waals surface area (Å²) in [5.74, 6) is -1.08. The molecule has 0 aromatic heterocycles. The second-order valence-electron chi connectivity index (χ2n) is 0.942. The fourth-order valence-corrected chi connectivity index (χ4v) is 0.123. The number of carboxylic acids is 1. The zero-order valence-electron chi connectivity index (χ0n) is 3.81. The average Bonchev–Trinajstić information content (AvgIpc) is 1.65. The molecule has 2 nitrogen and oxygen atoms in total. The van der Waals surface area contributed by atoms with E-state index in [0.29, 0.717) is 0 Å². The Morgan fingerprint density at radius 3 is 2.12 bits per heavy atom. The Hall–Kier alpha value is 0.0325. The Balaban J connectivity index is 0. The topological polar surface area (TPSA) is 37.3 Å². The molecule has 4 heteroatoms. The lowest BCUT2D eigenvalue weighted by Gasteiger charge is -1.81. The number of carbonyl (C=O) groups is 1. The standard InChI is InChI=1S/C4H5ClO2.Al.3H/c1-2-3(5)4(6)7;;;;/h2H,1H3,(H,6,7);;;;. The van der Waals surface area contributed by atoms with E-state index in [0.717, 1.165) is 0 Å². The first-order valence-corrected chi connectivity index (χ1v) is 2.11. The predicted octanol–water partition coefficient (Wildman–Crippen LogP) is 0.0297. The van der Waals surface area contributed by atoms with Gasteiger partial charge in [-0.2, -0.15) is 0 Å². The second-order valence-corrected chi connectivity index (χ2v) is 1.35. The summed E-state index contributed by atoms with van der Waals surface area (Å²) in [7, 11) is 0. The van der Waals surface area contributed by atoms with Gasteiger partial charge in [0.15, 0.2) is 17.4 Å². The highest BCUT2D eigenvalue weighted by Gasteiger charge is 1.96. The zero-order chi connectivity index (χ0) is 5.86. The van der Waals surface area contributed by atoms with Crippen molar-refractivity contribution in [3.05, 3.63) is 11.1 Å². The number of carboxylic acid groups (broad SMARTS) is 1. The normalized spacial score (nSPS) is 10.0. The molecule has 0 saturated carbocycles. The maximum atomic E-state index is 9.73. The molecule has 1 N–H and O–H groups in total. The lowest BCUT2D eigenvalue weighted by Crippen LogP contribution is -1.91. The first-order valence-electron chi connectivity index (χ1n) is 1.73. The van der Waals surface area contributed by atoms with E-state index in [1.165, 1.54) is 6.08 Å². The molecular weight excluding hydrogens is 142 g/mol. The van der Waals surface area contributed by atoms with Crippen LogP contribution in [0.5, 0.6) is 0 Å². The average molecular weight is 151 g/mol. The van der Waals surface area contributed by atoms with Crippen LogP contribution in [-0.4, -0.2) is 28.4 Å². The summed E-state index contributed by atoms with van der Waals surface area (Å²) in [6.07, 6.45) is 1.32. The molecule has 0 bridgehead atoms. The van der Waals surface area contributed by atoms with Crippen LogP contribution in [0.3, 0.4) is 0 Å². The van der Waals surface area contributed by atoms with E-state index < -0.39 is 5.97 Å². The third-order valence-corrected chi connectivity index (χ3v) is 0.838. The maximum Gasteiger partial charge on any atom is 0.346 e. The van der Waals surface area contributed by atoms with Crippen LogP contribution >= 0.6 is 11.6 Å². The van der Waals surface area contributed by atoms with E-state index in [-0.39, 0.29) is 22.4 Å². The predicted molar refractivity (Wildman–Crippen MR) is 37.2 cm³/mol. The van der Waals surface area contributed by atoms with Gasteiger partial charge in [-0.15, -0.1) is 0 Å². The summed E-state index contributed by atoms with van der Waals surface area (Å²) in [6.45, 7) is 1.57. The van der Waals surface area contributed by atoms with Gasteiger partial charge in [0, 0.05) is 0 Å². The first kappa shape index (κ1) is 10.9. The van der Waals surface area contributed by atoms with Gasteiger partial charge in [0.1, 0.15) is 5.03 Å².